The molecule has 0 fully saturated rings. The number of furan rings is 1. The smallest absolute Gasteiger partial charge is 0.238 e. The molecule has 0 aliphatic rings. The Bertz CT molecular complexity index is 1030. The fraction of sp³-hybridized carbons (Fsp3) is 0.0588. The highest BCUT2D eigenvalue weighted by Gasteiger charge is 2.23. The van der Waals surface area contributed by atoms with Crippen molar-refractivity contribution in [2.24, 2.45) is 5.14 Å². The summed E-state index contributed by atoms with van der Waals surface area (Å²) in [5.41, 5.74) is 6.46. The SMILES string of the molecule is Cc1ccc(-c2ccc(S(N)(=O)=O)c(-c3cccc(N)c3)c2F)o1. The number of nitrogen functional groups attached to an aromatic ring is 1. The molecule has 3 rings (SSSR count). The molecule has 24 heavy (non-hydrogen) atoms. The number of rotatable bonds is 3. The van der Waals surface area contributed by atoms with Crippen molar-refractivity contribution in [3.8, 4) is 22.5 Å². The van der Waals surface area contributed by atoms with E-state index in [1.54, 1.807) is 37.3 Å². The minimum absolute atomic E-state index is 0.128. The van der Waals surface area contributed by atoms with Crippen LogP contribution in [0.2, 0.25) is 0 Å². The van der Waals surface area contributed by atoms with E-state index in [1.807, 2.05) is 0 Å². The normalized spacial score (nSPS) is 11.6. The van der Waals surface area contributed by atoms with Crippen molar-refractivity contribution in [3.05, 3.63) is 60.1 Å². The van der Waals surface area contributed by atoms with Crippen LogP contribution in [0.5, 0.6) is 0 Å². The van der Waals surface area contributed by atoms with Crippen molar-refractivity contribution in [1.82, 2.24) is 0 Å². The summed E-state index contributed by atoms with van der Waals surface area (Å²) in [6.45, 7) is 1.74. The first-order chi connectivity index (χ1) is 11.3. The molecule has 0 bridgehead atoms. The van der Waals surface area contributed by atoms with Gasteiger partial charge in [0.15, 0.2) is 0 Å². The first-order valence-electron chi connectivity index (χ1n) is 7.05. The molecule has 0 saturated heterocycles. The minimum atomic E-state index is -4.12. The van der Waals surface area contributed by atoms with Crippen molar-refractivity contribution in [3.63, 3.8) is 0 Å². The first kappa shape index (κ1) is 16.2. The van der Waals surface area contributed by atoms with E-state index in [9.17, 15) is 8.42 Å². The van der Waals surface area contributed by atoms with Gasteiger partial charge < -0.3 is 10.2 Å². The molecular weight excluding hydrogens is 331 g/mol. The summed E-state index contributed by atoms with van der Waals surface area (Å²) in [5, 5.41) is 5.25. The van der Waals surface area contributed by atoms with Crippen LogP contribution in [0.25, 0.3) is 22.5 Å². The van der Waals surface area contributed by atoms with Crippen molar-refractivity contribution in [2.75, 3.05) is 5.73 Å². The number of anilines is 1. The second-order valence-corrected chi connectivity index (χ2v) is 6.91. The molecular formula is C17H15FN2O3S. The molecule has 5 nitrogen and oxygen atoms in total. The number of hydrogen-bond acceptors (Lipinski definition) is 4. The molecule has 4 N–H and O–H groups in total. The minimum Gasteiger partial charge on any atom is -0.461 e. The third-order valence-electron chi connectivity index (χ3n) is 3.59. The molecule has 2 aromatic carbocycles. The Hall–Kier alpha value is -2.64. The Balaban J connectivity index is 2.34. The maximum atomic E-state index is 15.2. The average Bonchev–Trinajstić information content (AvgIpc) is 2.92. The fourth-order valence-electron chi connectivity index (χ4n) is 2.53. The van der Waals surface area contributed by atoms with Crippen LogP contribution in [0.4, 0.5) is 10.1 Å². The Labute approximate surface area is 138 Å². The van der Waals surface area contributed by atoms with Crippen LogP contribution < -0.4 is 10.9 Å². The standard InChI is InChI=1S/C17H15FN2O3S/c1-10-5-7-14(23-10)13-6-8-15(24(20,21)22)16(17(13)18)11-3-2-4-12(19)9-11/h2-9H,19H2,1H3,(H2,20,21,22). The van der Waals surface area contributed by atoms with Crippen LogP contribution in [0.15, 0.2) is 57.8 Å². The lowest BCUT2D eigenvalue weighted by molar-refractivity contribution is 0.540. The van der Waals surface area contributed by atoms with E-state index in [4.69, 9.17) is 15.3 Å². The van der Waals surface area contributed by atoms with Gasteiger partial charge in [-0.05, 0) is 48.9 Å². The number of halogens is 1. The van der Waals surface area contributed by atoms with Gasteiger partial charge in [0, 0.05) is 11.3 Å². The lowest BCUT2D eigenvalue weighted by Gasteiger charge is -2.12. The second kappa shape index (κ2) is 5.77. The van der Waals surface area contributed by atoms with Crippen molar-refractivity contribution in [2.45, 2.75) is 11.8 Å². The number of benzene rings is 2. The highest BCUT2D eigenvalue weighted by atomic mass is 32.2. The van der Waals surface area contributed by atoms with Gasteiger partial charge in [0.1, 0.15) is 17.3 Å². The summed E-state index contributed by atoms with van der Waals surface area (Å²) in [6, 6.07) is 12.2. The van der Waals surface area contributed by atoms with E-state index >= 15 is 4.39 Å². The van der Waals surface area contributed by atoms with Gasteiger partial charge in [-0.3, -0.25) is 0 Å². The highest BCUT2D eigenvalue weighted by Crippen LogP contribution is 2.36. The van der Waals surface area contributed by atoms with Gasteiger partial charge in [0.25, 0.3) is 0 Å². The van der Waals surface area contributed by atoms with E-state index in [-0.39, 0.29) is 16.0 Å². The molecule has 0 radical (unpaired) electrons. The molecule has 0 atom stereocenters. The quantitative estimate of drug-likeness (QED) is 0.711. The van der Waals surface area contributed by atoms with E-state index in [0.29, 0.717) is 22.8 Å². The molecule has 124 valence electrons. The topological polar surface area (TPSA) is 99.3 Å². The van der Waals surface area contributed by atoms with Crippen LogP contribution in [0.3, 0.4) is 0 Å². The van der Waals surface area contributed by atoms with Gasteiger partial charge in [-0.15, -0.1) is 0 Å². The summed E-state index contributed by atoms with van der Waals surface area (Å²) in [7, 11) is -4.12. The number of primary sulfonamides is 1. The molecule has 3 aromatic rings. The zero-order valence-electron chi connectivity index (χ0n) is 12.8. The predicted molar refractivity (Wildman–Crippen MR) is 90.1 cm³/mol. The fourth-order valence-corrected chi connectivity index (χ4v) is 3.28. The van der Waals surface area contributed by atoms with Crippen molar-refractivity contribution < 1.29 is 17.2 Å². The van der Waals surface area contributed by atoms with Crippen LogP contribution in [-0.4, -0.2) is 8.42 Å². The lowest BCUT2D eigenvalue weighted by Crippen LogP contribution is -2.14. The lowest BCUT2D eigenvalue weighted by atomic mass is 10.0. The van der Waals surface area contributed by atoms with Crippen LogP contribution in [0, 0.1) is 12.7 Å². The Morgan fingerprint density at radius 3 is 2.42 bits per heavy atom. The van der Waals surface area contributed by atoms with Gasteiger partial charge in [0.05, 0.1) is 10.5 Å². The van der Waals surface area contributed by atoms with Gasteiger partial charge in [-0.25, -0.2) is 17.9 Å². The van der Waals surface area contributed by atoms with E-state index < -0.39 is 15.8 Å². The Morgan fingerprint density at radius 1 is 1.08 bits per heavy atom. The molecule has 1 aromatic heterocycles. The van der Waals surface area contributed by atoms with E-state index in [1.165, 1.54) is 18.2 Å². The van der Waals surface area contributed by atoms with E-state index in [2.05, 4.69) is 0 Å². The molecule has 0 spiro atoms. The summed E-state index contributed by atoms with van der Waals surface area (Å²) < 4.78 is 44.3. The molecule has 7 heteroatoms. The molecule has 1 heterocycles. The largest absolute Gasteiger partial charge is 0.461 e. The van der Waals surface area contributed by atoms with Crippen molar-refractivity contribution >= 4 is 15.7 Å². The zero-order valence-corrected chi connectivity index (χ0v) is 13.6. The summed E-state index contributed by atoms with van der Waals surface area (Å²) in [5.74, 6) is 0.183. The summed E-state index contributed by atoms with van der Waals surface area (Å²) in [4.78, 5) is -0.308. The van der Waals surface area contributed by atoms with Gasteiger partial charge in [-0.2, -0.15) is 0 Å². The number of sulfonamides is 1. The highest BCUT2D eigenvalue weighted by molar-refractivity contribution is 7.89. The van der Waals surface area contributed by atoms with Crippen LogP contribution in [0.1, 0.15) is 5.76 Å². The molecule has 0 unspecified atom stereocenters. The zero-order chi connectivity index (χ0) is 17.5. The predicted octanol–water partition coefficient (Wildman–Crippen LogP) is 3.29. The number of nitrogens with two attached hydrogens (primary N) is 2. The number of hydrogen-bond donors (Lipinski definition) is 2. The maximum Gasteiger partial charge on any atom is 0.238 e. The van der Waals surface area contributed by atoms with E-state index in [0.717, 1.165) is 0 Å². The third kappa shape index (κ3) is 2.91. The van der Waals surface area contributed by atoms with Crippen LogP contribution in [-0.2, 0) is 10.0 Å². The molecule has 0 amide bonds. The van der Waals surface area contributed by atoms with Gasteiger partial charge in [-0.1, -0.05) is 12.1 Å². The second-order valence-electron chi connectivity index (χ2n) is 5.38. The van der Waals surface area contributed by atoms with Crippen molar-refractivity contribution in [1.29, 1.82) is 0 Å². The Morgan fingerprint density at radius 2 is 1.83 bits per heavy atom. The Kier molecular flexibility index (Phi) is 3.90. The first-order valence-corrected chi connectivity index (χ1v) is 8.60. The average molecular weight is 346 g/mol. The third-order valence-corrected chi connectivity index (χ3v) is 4.54. The number of aryl methyl sites for hydroxylation is 1. The molecule has 0 aliphatic heterocycles. The van der Waals surface area contributed by atoms with Gasteiger partial charge >= 0.3 is 0 Å². The molecule has 0 aliphatic carbocycles. The summed E-state index contributed by atoms with van der Waals surface area (Å²) in [6.07, 6.45) is 0. The maximum absolute atomic E-state index is 15.2. The van der Waals surface area contributed by atoms with Gasteiger partial charge in [0.2, 0.25) is 10.0 Å². The summed E-state index contributed by atoms with van der Waals surface area (Å²) >= 11 is 0. The van der Waals surface area contributed by atoms with Crippen LogP contribution >= 0.6 is 0 Å². The monoisotopic (exact) mass is 346 g/mol. The molecule has 0 saturated carbocycles.